The van der Waals surface area contributed by atoms with Crippen molar-refractivity contribution in [2.45, 2.75) is 77.0 Å². The molecule has 162 valence electrons. The highest BCUT2D eigenvalue weighted by Gasteiger charge is 2.27. The van der Waals surface area contributed by atoms with E-state index < -0.39 is 0 Å². The fourth-order valence-corrected chi connectivity index (χ4v) is 4.44. The fourth-order valence-electron chi connectivity index (χ4n) is 4.44. The van der Waals surface area contributed by atoms with Crippen molar-refractivity contribution in [3.05, 3.63) is 65.2 Å². The summed E-state index contributed by atoms with van der Waals surface area (Å²) in [4.78, 5) is 14.8. The maximum atomic E-state index is 14.1. The number of anilines is 1. The number of rotatable bonds is 9. The fraction of sp³-hybridized carbons (Fsp3) is 0.500. The van der Waals surface area contributed by atoms with Crippen LogP contribution < -0.4 is 4.90 Å². The Bertz CT molecular complexity index is 818. The second-order valence-electron chi connectivity index (χ2n) is 8.37. The first-order chi connectivity index (χ1) is 14.6. The summed E-state index contributed by atoms with van der Waals surface area (Å²) in [7, 11) is 0. The van der Waals surface area contributed by atoms with Crippen LogP contribution in [-0.4, -0.2) is 12.5 Å². The Morgan fingerprint density at radius 1 is 0.933 bits per heavy atom. The van der Waals surface area contributed by atoms with E-state index in [1.807, 2.05) is 0 Å². The molecule has 0 N–H and O–H groups in total. The van der Waals surface area contributed by atoms with Crippen LogP contribution in [-0.2, 0) is 4.79 Å². The summed E-state index contributed by atoms with van der Waals surface area (Å²) < 4.78 is 27.5. The molecule has 1 atom stereocenters. The van der Waals surface area contributed by atoms with Crippen molar-refractivity contribution in [3.8, 4) is 0 Å². The van der Waals surface area contributed by atoms with Gasteiger partial charge in [-0.25, -0.2) is 8.78 Å². The molecule has 2 nitrogen and oxygen atoms in total. The van der Waals surface area contributed by atoms with Gasteiger partial charge in [0.1, 0.15) is 11.6 Å². The summed E-state index contributed by atoms with van der Waals surface area (Å²) in [5, 5.41) is 0. The van der Waals surface area contributed by atoms with E-state index in [2.05, 4.69) is 6.92 Å². The zero-order chi connectivity index (χ0) is 21.3. The third-order valence-electron chi connectivity index (χ3n) is 6.10. The summed E-state index contributed by atoms with van der Waals surface area (Å²) in [6, 6.07) is 11.3. The first-order valence-corrected chi connectivity index (χ1v) is 11.5. The van der Waals surface area contributed by atoms with Crippen molar-refractivity contribution >= 4 is 11.6 Å². The van der Waals surface area contributed by atoms with E-state index in [4.69, 9.17) is 0 Å². The minimum Gasteiger partial charge on any atom is -0.312 e. The number of hydrogen-bond donors (Lipinski definition) is 0. The molecule has 1 heterocycles. The second-order valence-corrected chi connectivity index (χ2v) is 8.37. The monoisotopic (exact) mass is 413 g/mol. The molecule has 0 bridgehead atoms. The van der Waals surface area contributed by atoms with Crippen LogP contribution in [0.2, 0.25) is 0 Å². The third-order valence-corrected chi connectivity index (χ3v) is 6.10. The molecule has 0 spiro atoms. The molecule has 30 heavy (non-hydrogen) atoms. The first kappa shape index (κ1) is 22.5. The Labute approximate surface area is 179 Å². The molecule has 0 radical (unpaired) electrons. The molecule has 1 aliphatic heterocycles. The molecule has 3 rings (SSSR count). The average Bonchev–Trinajstić information content (AvgIpc) is 2.93. The van der Waals surface area contributed by atoms with Gasteiger partial charge in [-0.15, -0.1) is 0 Å². The average molecular weight is 414 g/mol. The van der Waals surface area contributed by atoms with Crippen LogP contribution in [0.3, 0.4) is 0 Å². The van der Waals surface area contributed by atoms with Crippen LogP contribution in [0.5, 0.6) is 0 Å². The molecule has 0 aliphatic carbocycles. The number of benzene rings is 2. The van der Waals surface area contributed by atoms with E-state index in [1.54, 1.807) is 23.1 Å². The largest absolute Gasteiger partial charge is 0.312 e. The molecule has 1 unspecified atom stereocenters. The van der Waals surface area contributed by atoms with Gasteiger partial charge >= 0.3 is 0 Å². The highest BCUT2D eigenvalue weighted by molar-refractivity contribution is 5.94. The molecule has 2 aromatic carbocycles. The topological polar surface area (TPSA) is 20.3 Å². The van der Waals surface area contributed by atoms with Crippen LogP contribution in [0.25, 0.3) is 0 Å². The number of carbonyl (C=O) groups excluding carboxylic acids is 1. The Kier molecular flexibility index (Phi) is 8.41. The number of carbonyl (C=O) groups is 1. The lowest BCUT2D eigenvalue weighted by molar-refractivity contribution is -0.118. The van der Waals surface area contributed by atoms with Crippen LogP contribution in [0.1, 0.15) is 88.2 Å². The molecule has 0 aromatic heterocycles. The minimum absolute atomic E-state index is 0.0394. The first-order valence-electron chi connectivity index (χ1n) is 11.5. The number of halogens is 2. The quantitative estimate of drug-likeness (QED) is 0.393. The van der Waals surface area contributed by atoms with Gasteiger partial charge in [0, 0.05) is 18.9 Å². The van der Waals surface area contributed by atoms with Crippen LogP contribution in [0, 0.1) is 11.6 Å². The van der Waals surface area contributed by atoms with Gasteiger partial charge in [-0.05, 0) is 54.7 Å². The molecule has 0 saturated heterocycles. The number of unbranched alkanes of at least 4 members (excludes halogenated alkanes) is 6. The van der Waals surface area contributed by atoms with Crippen molar-refractivity contribution in [2.75, 3.05) is 11.4 Å². The molecule has 2 aromatic rings. The van der Waals surface area contributed by atoms with Gasteiger partial charge in [-0.3, -0.25) is 4.79 Å². The lowest BCUT2D eigenvalue weighted by Crippen LogP contribution is -2.31. The van der Waals surface area contributed by atoms with E-state index in [1.165, 1.54) is 56.4 Å². The van der Waals surface area contributed by atoms with E-state index in [-0.39, 0.29) is 23.5 Å². The van der Waals surface area contributed by atoms with Gasteiger partial charge < -0.3 is 4.90 Å². The molecular weight excluding hydrogens is 380 g/mol. The normalized spacial score (nSPS) is 16.2. The van der Waals surface area contributed by atoms with Crippen LogP contribution in [0.4, 0.5) is 14.5 Å². The molecule has 0 saturated carbocycles. The maximum Gasteiger partial charge on any atom is 0.226 e. The number of fused-ring (bicyclic) bond motifs is 1. The highest BCUT2D eigenvalue weighted by atomic mass is 19.1. The SMILES string of the molecule is CCCCCCCCCC(=O)N1CCCC(c2ccc(F)cc2)c2ccc(F)cc21. The Morgan fingerprint density at radius 2 is 1.60 bits per heavy atom. The highest BCUT2D eigenvalue weighted by Crippen LogP contribution is 2.39. The van der Waals surface area contributed by atoms with Crippen LogP contribution in [0.15, 0.2) is 42.5 Å². The van der Waals surface area contributed by atoms with Gasteiger partial charge in [0.25, 0.3) is 0 Å². The summed E-state index contributed by atoms with van der Waals surface area (Å²) in [5.74, 6) is -0.479. The van der Waals surface area contributed by atoms with Crippen molar-refractivity contribution in [2.24, 2.45) is 0 Å². The van der Waals surface area contributed by atoms with E-state index in [9.17, 15) is 13.6 Å². The summed E-state index contributed by atoms with van der Waals surface area (Å²) >= 11 is 0. The second kappa shape index (κ2) is 11.2. The predicted octanol–water partition coefficient (Wildman–Crippen LogP) is 7.36. The van der Waals surface area contributed by atoms with Gasteiger partial charge in [-0.2, -0.15) is 0 Å². The number of nitrogens with zero attached hydrogens (tertiary/aromatic N) is 1. The van der Waals surface area contributed by atoms with E-state index in [0.717, 1.165) is 36.8 Å². The zero-order valence-electron chi connectivity index (χ0n) is 18.0. The van der Waals surface area contributed by atoms with Crippen LogP contribution >= 0.6 is 0 Å². The minimum atomic E-state index is -0.331. The molecule has 4 heteroatoms. The Morgan fingerprint density at radius 3 is 2.33 bits per heavy atom. The summed E-state index contributed by atoms with van der Waals surface area (Å²) in [6.07, 6.45) is 10.3. The molecule has 1 amide bonds. The maximum absolute atomic E-state index is 14.1. The number of amides is 1. The van der Waals surface area contributed by atoms with Crippen molar-refractivity contribution in [1.29, 1.82) is 0 Å². The van der Waals surface area contributed by atoms with Gasteiger partial charge in [0.05, 0.1) is 5.69 Å². The Hall–Kier alpha value is -2.23. The lowest BCUT2D eigenvalue weighted by Gasteiger charge is -2.24. The molecular formula is C26H33F2NO. The summed E-state index contributed by atoms with van der Waals surface area (Å²) in [5.41, 5.74) is 2.63. The standard InChI is InChI=1S/C26H33F2NO/c1-2-3-4-5-6-7-8-11-26(30)29-18-9-10-23(20-12-14-21(27)15-13-20)24-17-16-22(28)19-25(24)29/h12-17,19,23H,2-11,18H2,1H3. The third kappa shape index (κ3) is 5.90. The molecule has 0 fully saturated rings. The smallest absolute Gasteiger partial charge is 0.226 e. The van der Waals surface area contributed by atoms with E-state index in [0.29, 0.717) is 18.7 Å². The van der Waals surface area contributed by atoms with Crippen molar-refractivity contribution < 1.29 is 13.6 Å². The lowest BCUT2D eigenvalue weighted by atomic mass is 9.87. The van der Waals surface area contributed by atoms with Gasteiger partial charge in [0.15, 0.2) is 0 Å². The molecule has 1 aliphatic rings. The Balaban J connectivity index is 1.70. The predicted molar refractivity (Wildman–Crippen MR) is 119 cm³/mol. The van der Waals surface area contributed by atoms with Gasteiger partial charge in [0.2, 0.25) is 5.91 Å². The van der Waals surface area contributed by atoms with Crippen molar-refractivity contribution in [1.82, 2.24) is 0 Å². The van der Waals surface area contributed by atoms with Gasteiger partial charge in [-0.1, -0.05) is 63.6 Å². The van der Waals surface area contributed by atoms with Crippen molar-refractivity contribution in [3.63, 3.8) is 0 Å². The zero-order valence-corrected chi connectivity index (χ0v) is 18.0. The van der Waals surface area contributed by atoms with E-state index >= 15 is 0 Å². The number of hydrogen-bond acceptors (Lipinski definition) is 1. The summed E-state index contributed by atoms with van der Waals surface area (Å²) in [6.45, 7) is 2.81.